The minimum atomic E-state index is -0.449. The molecule has 0 spiro atoms. The zero-order valence-corrected chi connectivity index (χ0v) is 22.0. The molecule has 0 bridgehead atoms. The lowest BCUT2D eigenvalue weighted by Gasteiger charge is -2.19. The number of pyridine rings is 3. The molecule has 0 saturated carbocycles. The van der Waals surface area contributed by atoms with Crippen LogP contribution in [0.2, 0.25) is 0 Å². The number of anilines is 1. The van der Waals surface area contributed by atoms with Crippen molar-refractivity contribution in [2.45, 2.75) is 13.0 Å². The molecule has 3 N–H and O–H groups in total. The molecule has 0 aliphatic rings. The topological polar surface area (TPSA) is 112 Å². The van der Waals surface area contributed by atoms with E-state index in [1.807, 2.05) is 74.8 Å². The van der Waals surface area contributed by atoms with Crippen LogP contribution in [0.5, 0.6) is 0 Å². The van der Waals surface area contributed by atoms with Gasteiger partial charge in [0.1, 0.15) is 11.4 Å². The number of fused-ring (bicyclic) bond motifs is 2. The predicted octanol–water partition coefficient (Wildman–Crippen LogP) is 5.05. The number of nitrogens with two attached hydrogens (primary N) is 1. The van der Waals surface area contributed by atoms with E-state index in [1.54, 1.807) is 29.3 Å². The van der Waals surface area contributed by atoms with Crippen LogP contribution in [0.1, 0.15) is 40.1 Å². The fourth-order valence-electron chi connectivity index (χ4n) is 4.74. The lowest BCUT2D eigenvalue weighted by atomic mass is 9.96. The van der Waals surface area contributed by atoms with Crippen molar-refractivity contribution in [3.05, 3.63) is 114 Å². The van der Waals surface area contributed by atoms with Gasteiger partial charge in [0.05, 0.1) is 34.5 Å². The van der Waals surface area contributed by atoms with Crippen molar-refractivity contribution in [2.24, 2.45) is 7.05 Å². The largest absolute Gasteiger partial charge is 0.383 e. The lowest BCUT2D eigenvalue weighted by Crippen LogP contribution is -2.29. The number of carbonyl (C=O) groups excluding carboxylic acids is 1. The molecule has 6 rings (SSSR count). The van der Waals surface area contributed by atoms with Gasteiger partial charge in [-0.2, -0.15) is 5.10 Å². The van der Waals surface area contributed by atoms with E-state index in [4.69, 9.17) is 10.7 Å². The minimum Gasteiger partial charge on any atom is -0.383 e. The molecule has 4 heterocycles. The van der Waals surface area contributed by atoms with Gasteiger partial charge in [-0.25, -0.2) is 9.97 Å². The molecule has 8 heteroatoms. The Morgan fingerprint density at radius 3 is 2.65 bits per heavy atom. The monoisotopic (exact) mass is 523 g/mol. The Kier molecular flexibility index (Phi) is 6.38. The van der Waals surface area contributed by atoms with Gasteiger partial charge in [0, 0.05) is 47.5 Å². The number of aromatic nitrogens is 5. The fourth-order valence-corrected chi connectivity index (χ4v) is 4.74. The van der Waals surface area contributed by atoms with Crippen molar-refractivity contribution in [1.29, 1.82) is 0 Å². The van der Waals surface area contributed by atoms with Crippen molar-refractivity contribution in [1.82, 2.24) is 30.0 Å². The van der Waals surface area contributed by atoms with E-state index in [0.717, 1.165) is 44.2 Å². The van der Waals surface area contributed by atoms with E-state index in [-0.39, 0.29) is 17.3 Å². The number of carbonyl (C=O) groups is 1. The summed E-state index contributed by atoms with van der Waals surface area (Å²) in [5, 5.41) is 8.94. The Labute approximate surface area is 230 Å². The second-order valence-electron chi connectivity index (χ2n) is 9.47. The maximum absolute atomic E-state index is 13.5. The molecule has 1 unspecified atom stereocenters. The fraction of sp³-hybridized carbons (Fsp3) is 0.0938. The number of nitrogen functional groups attached to an aromatic ring is 1. The molecule has 6 aromatic rings. The number of benzene rings is 2. The third-order valence-corrected chi connectivity index (χ3v) is 6.68. The lowest BCUT2D eigenvalue weighted by molar-refractivity contribution is 0.0941. The van der Waals surface area contributed by atoms with Gasteiger partial charge < -0.3 is 11.1 Å². The highest BCUT2D eigenvalue weighted by atomic mass is 16.1. The summed E-state index contributed by atoms with van der Waals surface area (Å²) in [6.07, 6.45) is 6.87. The highest BCUT2D eigenvalue weighted by Crippen LogP contribution is 2.32. The Bertz CT molecular complexity index is 1950. The Balaban J connectivity index is 1.44. The third-order valence-electron chi connectivity index (χ3n) is 6.68. The molecule has 4 aromatic heterocycles. The zero-order valence-electron chi connectivity index (χ0n) is 22.0. The highest BCUT2D eigenvalue weighted by molar-refractivity contribution is 6.09. The molecule has 0 radical (unpaired) electrons. The van der Waals surface area contributed by atoms with Crippen molar-refractivity contribution in [3.63, 3.8) is 0 Å². The van der Waals surface area contributed by atoms with Crippen molar-refractivity contribution >= 4 is 33.5 Å². The zero-order chi connectivity index (χ0) is 27.6. The maximum Gasteiger partial charge on any atom is 0.257 e. The van der Waals surface area contributed by atoms with Crippen molar-refractivity contribution in [3.8, 4) is 23.0 Å². The maximum atomic E-state index is 13.5. The van der Waals surface area contributed by atoms with Crippen LogP contribution in [0.25, 0.3) is 32.9 Å². The summed E-state index contributed by atoms with van der Waals surface area (Å²) >= 11 is 0. The van der Waals surface area contributed by atoms with E-state index < -0.39 is 6.04 Å². The second kappa shape index (κ2) is 10.3. The van der Waals surface area contributed by atoms with Gasteiger partial charge in [0.15, 0.2) is 0 Å². The van der Waals surface area contributed by atoms with Gasteiger partial charge in [0.25, 0.3) is 5.91 Å². The van der Waals surface area contributed by atoms with Gasteiger partial charge in [-0.15, -0.1) is 0 Å². The Morgan fingerprint density at radius 2 is 1.85 bits per heavy atom. The summed E-state index contributed by atoms with van der Waals surface area (Å²) in [5.74, 6) is 6.24. The molecule has 1 amide bonds. The summed E-state index contributed by atoms with van der Waals surface area (Å²) < 4.78 is 1.72. The second-order valence-corrected chi connectivity index (χ2v) is 9.47. The van der Waals surface area contributed by atoms with Gasteiger partial charge >= 0.3 is 0 Å². The first-order chi connectivity index (χ1) is 19.5. The smallest absolute Gasteiger partial charge is 0.257 e. The standard InChI is InChI=1S/C32H25N7O/c1-20(37-32(40)28-30-24(11-7-15-34-30)18-35-31(28)33)29-26(22-8-4-3-5-9-22)16-25-23(10-6-12-27(25)38-29)14-13-21-17-36-39(2)19-21/h3-12,15-20H,1-2H3,(H2,33,35)(H,37,40). The quantitative estimate of drug-likeness (QED) is 0.313. The molecular formula is C32H25N7O. The first-order valence-corrected chi connectivity index (χ1v) is 12.8. The van der Waals surface area contributed by atoms with E-state index in [0.29, 0.717) is 5.52 Å². The van der Waals surface area contributed by atoms with Crippen LogP contribution in [0, 0.1) is 11.8 Å². The van der Waals surface area contributed by atoms with Crippen molar-refractivity contribution < 1.29 is 4.79 Å². The number of hydrogen-bond donors (Lipinski definition) is 2. The first-order valence-electron chi connectivity index (χ1n) is 12.8. The van der Waals surface area contributed by atoms with Crippen LogP contribution in [-0.2, 0) is 7.05 Å². The third kappa shape index (κ3) is 4.72. The number of rotatable bonds is 4. The van der Waals surface area contributed by atoms with Crippen LogP contribution >= 0.6 is 0 Å². The number of nitrogens with zero attached hydrogens (tertiary/aromatic N) is 5. The van der Waals surface area contributed by atoms with E-state index >= 15 is 0 Å². The van der Waals surface area contributed by atoms with Crippen LogP contribution < -0.4 is 11.1 Å². The number of aryl methyl sites for hydroxylation is 1. The molecule has 0 fully saturated rings. The predicted molar refractivity (Wildman–Crippen MR) is 156 cm³/mol. The van der Waals surface area contributed by atoms with Gasteiger partial charge in [-0.1, -0.05) is 48.2 Å². The summed E-state index contributed by atoms with van der Waals surface area (Å²) in [5.41, 5.74) is 12.0. The molecule has 2 aromatic carbocycles. The van der Waals surface area contributed by atoms with E-state index in [2.05, 4.69) is 38.3 Å². The van der Waals surface area contributed by atoms with Crippen LogP contribution in [0.3, 0.4) is 0 Å². The Morgan fingerprint density at radius 1 is 1.00 bits per heavy atom. The summed E-state index contributed by atoms with van der Waals surface area (Å²) in [6.45, 7) is 1.91. The van der Waals surface area contributed by atoms with Crippen LogP contribution in [0.4, 0.5) is 5.82 Å². The number of hydrogen-bond acceptors (Lipinski definition) is 6. The molecule has 0 aliphatic carbocycles. The summed E-state index contributed by atoms with van der Waals surface area (Å²) in [6, 6.07) is 21.2. The molecule has 1 atom stereocenters. The van der Waals surface area contributed by atoms with Crippen LogP contribution in [0.15, 0.2) is 91.5 Å². The summed E-state index contributed by atoms with van der Waals surface area (Å²) in [7, 11) is 1.86. The molecule has 0 aliphatic heterocycles. The normalized spacial score (nSPS) is 11.7. The minimum absolute atomic E-state index is 0.127. The molecule has 0 saturated heterocycles. The van der Waals surface area contributed by atoms with Crippen molar-refractivity contribution in [2.75, 3.05) is 5.73 Å². The van der Waals surface area contributed by atoms with E-state index in [1.165, 1.54) is 0 Å². The van der Waals surface area contributed by atoms with Gasteiger partial charge in [-0.3, -0.25) is 14.5 Å². The average molecular weight is 524 g/mol. The number of nitrogens with one attached hydrogen (secondary N) is 1. The summed E-state index contributed by atoms with van der Waals surface area (Å²) in [4.78, 5) is 27.2. The molecule has 40 heavy (non-hydrogen) atoms. The molecule has 8 nitrogen and oxygen atoms in total. The van der Waals surface area contributed by atoms with Crippen LogP contribution in [-0.4, -0.2) is 30.6 Å². The first kappa shape index (κ1) is 24.8. The highest BCUT2D eigenvalue weighted by Gasteiger charge is 2.22. The molecule has 194 valence electrons. The SMILES string of the molecule is CC(NC(=O)c1c(N)ncc2cccnc12)c1nc2cccc(C#Cc3cnn(C)c3)c2cc1-c1ccccc1. The number of amides is 1. The average Bonchev–Trinajstić information content (AvgIpc) is 3.40. The van der Waals surface area contributed by atoms with Gasteiger partial charge in [0.2, 0.25) is 0 Å². The Hall–Kier alpha value is -5.55. The van der Waals surface area contributed by atoms with Gasteiger partial charge in [-0.05, 0) is 42.8 Å². The molecular weight excluding hydrogens is 498 g/mol. The van der Waals surface area contributed by atoms with E-state index in [9.17, 15) is 4.79 Å².